The monoisotopic (exact) mass is 221 g/mol. The second-order valence-electron chi connectivity index (χ2n) is 5.26. The van der Waals surface area contributed by atoms with Crippen LogP contribution >= 0.6 is 0 Å². The molecule has 0 aromatic carbocycles. The van der Waals surface area contributed by atoms with Crippen molar-refractivity contribution in [2.45, 2.75) is 52.6 Å². The van der Waals surface area contributed by atoms with Crippen LogP contribution in [0.25, 0.3) is 0 Å². The fourth-order valence-electron chi connectivity index (χ4n) is 1.64. The van der Waals surface area contributed by atoms with E-state index in [0.29, 0.717) is 0 Å². The van der Waals surface area contributed by atoms with Crippen LogP contribution in [0, 0.1) is 6.92 Å². The van der Waals surface area contributed by atoms with Crippen molar-refractivity contribution in [2.75, 3.05) is 5.32 Å². The largest absolute Gasteiger partial charge is 0.365 e. The minimum absolute atomic E-state index is 0.0355. The molecule has 90 valence electrons. The second-order valence-corrected chi connectivity index (χ2v) is 5.26. The lowest BCUT2D eigenvalue weighted by Gasteiger charge is -2.22. The molecule has 1 aromatic heterocycles. The van der Waals surface area contributed by atoms with Gasteiger partial charge in [0.15, 0.2) is 0 Å². The smallest absolute Gasteiger partial charge is 0.126 e. The third-order valence-corrected chi connectivity index (χ3v) is 2.47. The Labute approximate surface area is 98.5 Å². The summed E-state index contributed by atoms with van der Waals surface area (Å²) < 4.78 is 0. The molecule has 0 aliphatic rings. The normalized spacial score (nSPS) is 13.6. The summed E-state index contributed by atoms with van der Waals surface area (Å²) in [4.78, 5) is 4.54. The number of hydrogen-bond donors (Lipinski definition) is 2. The Morgan fingerprint density at radius 1 is 1.38 bits per heavy atom. The van der Waals surface area contributed by atoms with Crippen molar-refractivity contribution >= 4 is 5.82 Å². The molecule has 0 saturated heterocycles. The van der Waals surface area contributed by atoms with Crippen LogP contribution in [-0.2, 0) is 0 Å². The van der Waals surface area contributed by atoms with Crippen molar-refractivity contribution in [3.05, 3.63) is 23.4 Å². The lowest BCUT2D eigenvalue weighted by Crippen LogP contribution is -2.27. The Bertz CT molecular complexity index is 353. The Kier molecular flexibility index (Phi) is 3.92. The summed E-state index contributed by atoms with van der Waals surface area (Å²) in [6.07, 6.45) is 0.939. The van der Waals surface area contributed by atoms with Gasteiger partial charge in [-0.15, -0.1) is 0 Å². The van der Waals surface area contributed by atoms with Crippen molar-refractivity contribution in [1.82, 2.24) is 4.98 Å². The number of rotatable bonds is 3. The van der Waals surface area contributed by atoms with Crippen LogP contribution in [0.4, 0.5) is 5.82 Å². The number of anilines is 1. The van der Waals surface area contributed by atoms with Crippen LogP contribution in [0.15, 0.2) is 12.1 Å². The van der Waals surface area contributed by atoms with Crippen LogP contribution in [0.5, 0.6) is 0 Å². The Morgan fingerprint density at radius 2 is 2.00 bits per heavy atom. The van der Waals surface area contributed by atoms with Gasteiger partial charge in [0.2, 0.25) is 0 Å². The van der Waals surface area contributed by atoms with E-state index < -0.39 is 0 Å². The fraction of sp³-hybridized carbons (Fsp3) is 0.615. The van der Waals surface area contributed by atoms with Gasteiger partial charge in [-0.2, -0.15) is 0 Å². The molecule has 0 spiro atoms. The van der Waals surface area contributed by atoms with Crippen molar-refractivity contribution in [1.29, 1.82) is 0 Å². The first-order chi connectivity index (χ1) is 7.33. The zero-order valence-corrected chi connectivity index (χ0v) is 11.0. The zero-order valence-electron chi connectivity index (χ0n) is 11.0. The summed E-state index contributed by atoms with van der Waals surface area (Å²) in [5.74, 6) is 0.914. The molecule has 0 radical (unpaired) electrons. The number of nitrogens with zero attached hydrogens (tertiary/aromatic N) is 1. The van der Waals surface area contributed by atoms with Gasteiger partial charge >= 0.3 is 0 Å². The average Bonchev–Trinajstić information content (AvgIpc) is 2.14. The molecule has 3 nitrogen and oxygen atoms in total. The van der Waals surface area contributed by atoms with Crippen LogP contribution < -0.4 is 11.1 Å². The number of pyridine rings is 1. The highest BCUT2D eigenvalue weighted by molar-refractivity contribution is 5.41. The predicted molar refractivity (Wildman–Crippen MR) is 69.6 cm³/mol. The molecule has 0 aliphatic carbocycles. The molecular formula is C13H23N3. The molecule has 0 bridgehead atoms. The van der Waals surface area contributed by atoms with Gasteiger partial charge in [-0.25, -0.2) is 4.98 Å². The molecule has 0 fully saturated rings. The van der Waals surface area contributed by atoms with E-state index in [2.05, 4.69) is 44.1 Å². The standard InChI is InChI=1S/C13H23N3/c1-6-11(14)10-7-8-12(15-9(10)2)16-13(3,4)5/h7-8,11H,6,14H2,1-5H3,(H,15,16)/t11-/m1/s1. The number of nitrogens with two attached hydrogens (primary N) is 1. The van der Waals surface area contributed by atoms with Crippen LogP contribution in [0.1, 0.15) is 51.4 Å². The summed E-state index contributed by atoms with van der Waals surface area (Å²) in [7, 11) is 0. The molecule has 0 amide bonds. The van der Waals surface area contributed by atoms with Gasteiger partial charge in [-0.3, -0.25) is 0 Å². The molecule has 1 rings (SSSR count). The highest BCUT2D eigenvalue weighted by atomic mass is 15.0. The lowest BCUT2D eigenvalue weighted by atomic mass is 10.0. The summed E-state index contributed by atoms with van der Waals surface area (Å²) in [6.45, 7) is 10.5. The van der Waals surface area contributed by atoms with Crippen molar-refractivity contribution in [2.24, 2.45) is 5.73 Å². The summed E-state index contributed by atoms with van der Waals surface area (Å²) in [6, 6.07) is 4.17. The maximum Gasteiger partial charge on any atom is 0.126 e. The van der Waals surface area contributed by atoms with Gasteiger partial charge in [0.25, 0.3) is 0 Å². The van der Waals surface area contributed by atoms with Crippen LogP contribution in [0.2, 0.25) is 0 Å². The van der Waals surface area contributed by atoms with E-state index >= 15 is 0 Å². The van der Waals surface area contributed by atoms with Crippen molar-refractivity contribution in [3.8, 4) is 0 Å². The quantitative estimate of drug-likeness (QED) is 0.825. The molecule has 0 aliphatic heterocycles. The molecule has 16 heavy (non-hydrogen) atoms. The first-order valence-corrected chi connectivity index (χ1v) is 5.85. The maximum atomic E-state index is 6.01. The first-order valence-electron chi connectivity index (χ1n) is 5.85. The predicted octanol–water partition coefficient (Wildman–Crippen LogP) is 3.01. The first kappa shape index (κ1) is 13.0. The second kappa shape index (κ2) is 4.83. The minimum Gasteiger partial charge on any atom is -0.365 e. The lowest BCUT2D eigenvalue weighted by molar-refractivity contribution is 0.628. The molecular weight excluding hydrogens is 198 g/mol. The molecule has 0 saturated carbocycles. The van der Waals surface area contributed by atoms with Crippen LogP contribution in [0.3, 0.4) is 0 Å². The number of aryl methyl sites for hydroxylation is 1. The van der Waals surface area contributed by atoms with Gasteiger partial charge in [0.05, 0.1) is 0 Å². The Balaban J connectivity index is 2.91. The molecule has 1 aromatic rings. The number of aromatic nitrogens is 1. The Morgan fingerprint density at radius 3 is 2.44 bits per heavy atom. The van der Waals surface area contributed by atoms with E-state index in [1.54, 1.807) is 0 Å². The van der Waals surface area contributed by atoms with E-state index in [4.69, 9.17) is 5.73 Å². The van der Waals surface area contributed by atoms with E-state index in [0.717, 1.165) is 23.5 Å². The topological polar surface area (TPSA) is 50.9 Å². The molecule has 1 atom stereocenters. The molecule has 3 N–H and O–H groups in total. The Hall–Kier alpha value is -1.09. The van der Waals surface area contributed by atoms with Gasteiger partial charge in [-0.05, 0) is 45.7 Å². The van der Waals surface area contributed by atoms with Crippen molar-refractivity contribution < 1.29 is 0 Å². The summed E-state index contributed by atoms with van der Waals surface area (Å²) >= 11 is 0. The van der Waals surface area contributed by atoms with E-state index in [1.807, 2.05) is 13.0 Å². The molecule has 1 heterocycles. The third-order valence-electron chi connectivity index (χ3n) is 2.47. The van der Waals surface area contributed by atoms with Gasteiger partial charge < -0.3 is 11.1 Å². The summed E-state index contributed by atoms with van der Waals surface area (Å²) in [5, 5.41) is 3.35. The third kappa shape index (κ3) is 3.49. The van der Waals surface area contributed by atoms with Gasteiger partial charge in [-0.1, -0.05) is 13.0 Å². The number of nitrogens with one attached hydrogen (secondary N) is 1. The average molecular weight is 221 g/mol. The molecule has 3 heteroatoms. The van der Waals surface area contributed by atoms with E-state index in [-0.39, 0.29) is 11.6 Å². The minimum atomic E-state index is 0.0355. The zero-order chi connectivity index (χ0) is 12.3. The van der Waals surface area contributed by atoms with E-state index in [9.17, 15) is 0 Å². The number of hydrogen-bond acceptors (Lipinski definition) is 3. The van der Waals surface area contributed by atoms with Crippen molar-refractivity contribution in [3.63, 3.8) is 0 Å². The maximum absolute atomic E-state index is 6.01. The molecule has 0 unspecified atom stereocenters. The summed E-state index contributed by atoms with van der Waals surface area (Å²) in [5.41, 5.74) is 8.21. The fourth-order valence-corrected chi connectivity index (χ4v) is 1.64. The highest BCUT2D eigenvalue weighted by Gasteiger charge is 2.12. The van der Waals surface area contributed by atoms with Gasteiger partial charge in [0, 0.05) is 17.3 Å². The van der Waals surface area contributed by atoms with Crippen LogP contribution in [-0.4, -0.2) is 10.5 Å². The van der Waals surface area contributed by atoms with Gasteiger partial charge in [0.1, 0.15) is 5.82 Å². The van der Waals surface area contributed by atoms with E-state index in [1.165, 1.54) is 0 Å². The highest BCUT2D eigenvalue weighted by Crippen LogP contribution is 2.20. The SMILES string of the molecule is CC[C@@H](N)c1ccc(NC(C)(C)C)nc1C.